The Labute approximate surface area is 82.1 Å². The van der Waals surface area contributed by atoms with E-state index < -0.39 is 0 Å². The smallest absolute Gasteiger partial charge is 0.126 e. The summed E-state index contributed by atoms with van der Waals surface area (Å²) in [6.45, 7) is 0.681. The number of nitrogens with one attached hydrogen (secondary N) is 1. The predicted octanol–water partition coefficient (Wildman–Crippen LogP) is 1.31. The van der Waals surface area contributed by atoms with E-state index in [2.05, 4.69) is 5.32 Å². The first-order chi connectivity index (χ1) is 6.75. The number of hydrogen-bond acceptors (Lipinski definition) is 3. The number of nitrogens with two attached hydrogens (primary N) is 1. The lowest BCUT2D eigenvalue weighted by atomic mass is 10.2. The van der Waals surface area contributed by atoms with Crippen molar-refractivity contribution in [3.63, 3.8) is 0 Å². The van der Waals surface area contributed by atoms with Gasteiger partial charge in [0.15, 0.2) is 0 Å². The van der Waals surface area contributed by atoms with Gasteiger partial charge in [0.25, 0.3) is 0 Å². The highest BCUT2D eigenvalue weighted by atomic mass is 19.1. The molecule has 0 bridgehead atoms. The molecule has 1 fully saturated rings. The fourth-order valence-corrected chi connectivity index (χ4v) is 1.53. The number of anilines is 1. The zero-order valence-corrected chi connectivity index (χ0v) is 7.74. The lowest BCUT2D eigenvalue weighted by Crippen LogP contribution is -2.36. The molecule has 1 aliphatic rings. The Balaban J connectivity index is 2.00. The molecule has 3 N–H and O–H groups in total. The average Bonchev–Trinajstić information content (AvgIpc) is 2.56. The second-order valence-corrected chi connectivity index (χ2v) is 3.38. The van der Waals surface area contributed by atoms with E-state index in [0.29, 0.717) is 6.61 Å². The molecule has 4 heteroatoms. The molecule has 2 rings (SSSR count). The molecular weight excluding hydrogens is 183 g/mol. The zero-order valence-electron chi connectivity index (χ0n) is 7.74. The summed E-state index contributed by atoms with van der Waals surface area (Å²) in [6.07, 6.45) is 0.624. The van der Waals surface area contributed by atoms with E-state index in [0.717, 1.165) is 12.1 Å². The van der Waals surface area contributed by atoms with E-state index in [-0.39, 0.29) is 18.1 Å². The van der Waals surface area contributed by atoms with E-state index in [4.69, 9.17) is 10.5 Å². The summed E-state index contributed by atoms with van der Waals surface area (Å²) in [4.78, 5) is 0. The Bertz CT molecular complexity index is 301. The molecule has 0 radical (unpaired) electrons. The number of ether oxygens (including phenoxy) is 1. The normalized spacial score (nSPS) is 26.4. The topological polar surface area (TPSA) is 47.3 Å². The third kappa shape index (κ3) is 2.02. The first-order valence-corrected chi connectivity index (χ1v) is 4.65. The Morgan fingerprint density at radius 3 is 2.64 bits per heavy atom. The van der Waals surface area contributed by atoms with Gasteiger partial charge in [-0.15, -0.1) is 0 Å². The Morgan fingerprint density at radius 1 is 1.36 bits per heavy atom. The molecule has 1 saturated heterocycles. The van der Waals surface area contributed by atoms with Crippen LogP contribution in [0.4, 0.5) is 10.1 Å². The monoisotopic (exact) mass is 196 g/mol. The highest BCUT2D eigenvalue weighted by Gasteiger charge is 2.24. The van der Waals surface area contributed by atoms with Crippen LogP contribution in [0.1, 0.15) is 6.42 Å². The SMILES string of the molecule is NC1OCCC1Nc1ccc(F)cc1. The standard InChI is InChI=1S/C10H13FN2O/c11-7-1-3-8(4-2-7)13-9-5-6-14-10(9)12/h1-4,9-10,13H,5-6,12H2. The summed E-state index contributed by atoms with van der Waals surface area (Å²) in [5, 5.41) is 3.20. The van der Waals surface area contributed by atoms with Gasteiger partial charge in [-0.3, -0.25) is 0 Å². The molecule has 2 unspecified atom stereocenters. The van der Waals surface area contributed by atoms with Gasteiger partial charge in [-0.05, 0) is 30.7 Å². The van der Waals surface area contributed by atoms with Crippen molar-refractivity contribution in [1.29, 1.82) is 0 Å². The van der Waals surface area contributed by atoms with Gasteiger partial charge in [0.2, 0.25) is 0 Å². The highest BCUT2D eigenvalue weighted by Crippen LogP contribution is 2.16. The molecule has 0 aromatic heterocycles. The average molecular weight is 196 g/mol. The number of rotatable bonds is 2. The van der Waals surface area contributed by atoms with Crippen LogP contribution in [0, 0.1) is 5.82 Å². The van der Waals surface area contributed by atoms with E-state index >= 15 is 0 Å². The molecule has 1 heterocycles. The van der Waals surface area contributed by atoms with Crippen molar-refractivity contribution in [3.05, 3.63) is 30.1 Å². The van der Waals surface area contributed by atoms with Crippen LogP contribution in [0.3, 0.4) is 0 Å². The Morgan fingerprint density at radius 2 is 2.07 bits per heavy atom. The van der Waals surface area contributed by atoms with Gasteiger partial charge in [0.05, 0.1) is 12.6 Å². The van der Waals surface area contributed by atoms with Gasteiger partial charge in [0.1, 0.15) is 12.0 Å². The molecule has 1 aliphatic heterocycles. The van der Waals surface area contributed by atoms with Crippen LogP contribution in [0.2, 0.25) is 0 Å². The molecule has 76 valence electrons. The maximum absolute atomic E-state index is 12.6. The van der Waals surface area contributed by atoms with Crippen LogP contribution in [0.5, 0.6) is 0 Å². The third-order valence-corrected chi connectivity index (χ3v) is 2.33. The van der Waals surface area contributed by atoms with Crippen LogP contribution >= 0.6 is 0 Å². The van der Waals surface area contributed by atoms with Gasteiger partial charge in [0, 0.05) is 5.69 Å². The van der Waals surface area contributed by atoms with Gasteiger partial charge >= 0.3 is 0 Å². The molecule has 0 aliphatic carbocycles. The second-order valence-electron chi connectivity index (χ2n) is 3.38. The van der Waals surface area contributed by atoms with Crippen LogP contribution in [0.25, 0.3) is 0 Å². The summed E-state index contributed by atoms with van der Waals surface area (Å²) in [5.74, 6) is -0.234. The summed E-state index contributed by atoms with van der Waals surface area (Å²) in [6, 6.07) is 6.36. The number of hydrogen-bond donors (Lipinski definition) is 2. The summed E-state index contributed by atoms with van der Waals surface area (Å²) in [7, 11) is 0. The summed E-state index contributed by atoms with van der Waals surface area (Å²) >= 11 is 0. The van der Waals surface area contributed by atoms with Crippen molar-refractivity contribution in [2.24, 2.45) is 5.73 Å². The van der Waals surface area contributed by atoms with Gasteiger partial charge in [-0.1, -0.05) is 0 Å². The number of benzene rings is 1. The van der Waals surface area contributed by atoms with Crippen molar-refractivity contribution in [1.82, 2.24) is 0 Å². The largest absolute Gasteiger partial charge is 0.378 e. The predicted molar refractivity (Wildman–Crippen MR) is 52.4 cm³/mol. The van der Waals surface area contributed by atoms with E-state index in [1.807, 2.05) is 0 Å². The maximum atomic E-state index is 12.6. The molecule has 3 nitrogen and oxygen atoms in total. The highest BCUT2D eigenvalue weighted by molar-refractivity contribution is 5.44. The molecular formula is C10H13FN2O. The molecule has 14 heavy (non-hydrogen) atoms. The van der Waals surface area contributed by atoms with Crippen molar-refractivity contribution < 1.29 is 9.13 Å². The van der Waals surface area contributed by atoms with Crippen LogP contribution < -0.4 is 11.1 Å². The summed E-state index contributed by atoms with van der Waals surface area (Å²) < 4.78 is 17.8. The Hall–Kier alpha value is -1.13. The van der Waals surface area contributed by atoms with E-state index in [9.17, 15) is 4.39 Å². The lowest BCUT2D eigenvalue weighted by molar-refractivity contribution is 0.112. The molecule has 1 aromatic carbocycles. The van der Waals surface area contributed by atoms with Crippen LogP contribution in [0.15, 0.2) is 24.3 Å². The molecule has 0 saturated carbocycles. The minimum Gasteiger partial charge on any atom is -0.378 e. The quantitative estimate of drug-likeness (QED) is 0.749. The van der Waals surface area contributed by atoms with Crippen molar-refractivity contribution >= 4 is 5.69 Å². The van der Waals surface area contributed by atoms with E-state index in [1.54, 1.807) is 12.1 Å². The van der Waals surface area contributed by atoms with Gasteiger partial charge < -0.3 is 15.8 Å². The first-order valence-electron chi connectivity index (χ1n) is 4.65. The minimum absolute atomic E-state index is 0.125. The molecule has 0 amide bonds. The van der Waals surface area contributed by atoms with Gasteiger partial charge in [-0.25, -0.2) is 4.39 Å². The first kappa shape index (κ1) is 9.43. The van der Waals surface area contributed by atoms with Crippen LogP contribution in [-0.2, 0) is 4.74 Å². The minimum atomic E-state index is -0.264. The van der Waals surface area contributed by atoms with Crippen molar-refractivity contribution in [2.45, 2.75) is 18.7 Å². The maximum Gasteiger partial charge on any atom is 0.126 e. The fraction of sp³-hybridized carbons (Fsp3) is 0.400. The zero-order chi connectivity index (χ0) is 9.97. The van der Waals surface area contributed by atoms with E-state index in [1.165, 1.54) is 12.1 Å². The van der Waals surface area contributed by atoms with Crippen molar-refractivity contribution in [3.8, 4) is 0 Å². The number of halogens is 1. The molecule has 1 aromatic rings. The van der Waals surface area contributed by atoms with Gasteiger partial charge in [-0.2, -0.15) is 0 Å². The molecule has 2 atom stereocenters. The fourth-order valence-electron chi connectivity index (χ4n) is 1.53. The second kappa shape index (κ2) is 3.94. The molecule has 0 spiro atoms. The lowest BCUT2D eigenvalue weighted by Gasteiger charge is -2.16. The van der Waals surface area contributed by atoms with Crippen molar-refractivity contribution in [2.75, 3.05) is 11.9 Å². The Kier molecular flexibility index (Phi) is 2.65. The third-order valence-electron chi connectivity index (χ3n) is 2.33. The summed E-state index contributed by atoms with van der Waals surface area (Å²) in [5.41, 5.74) is 6.57. The van der Waals surface area contributed by atoms with Crippen LogP contribution in [-0.4, -0.2) is 18.9 Å².